The minimum atomic E-state index is -0.425. The topological polar surface area (TPSA) is 52.4 Å². The summed E-state index contributed by atoms with van der Waals surface area (Å²) in [6.45, 7) is 3.86. The van der Waals surface area contributed by atoms with Crippen LogP contribution in [0.2, 0.25) is 0 Å². The van der Waals surface area contributed by atoms with E-state index in [-0.39, 0.29) is 11.3 Å². The van der Waals surface area contributed by atoms with Crippen LogP contribution < -0.4 is 4.74 Å². The van der Waals surface area contributed by atoms with E-state index in [0.717, 1.165) is 5.56 Å². The van der Waals surface area contributed by atoms with Crippen molar-refractivity contribution in [3.8, 4) is 5.75 Å². The first-order chi connectivity index (χ1) is 6.98. The summed E-state index contributed by atoms with van der Waals surface area (Å²) in [7, 11) is 0. The molecule has 0 saturated heterocycles. The van der Waals surface area contributed by atoms with Gasteiger partial charge in [-0.2, -0.15) is 0 Å². The number of nitro benzene ring substituents is 1. The van der Waals surface area contributed by atoms with Crippen molar-refractivity contribution < 1.29 is 9.66 Å². The Bertz CT molecular complexity index is 412. The van der Waals surface area contributed by atoms with Crippen LogP contribution in [0.5, 0.6) is 5.75 Å². The van der Waals surface area contributed by atoms with Crippen LogP contribution in [-0.4, -0.2) is 10.5 Å². The number of benzene rings is 1. The summed E-state index contributed by atoms with van der Waals surface area (Å²) >= 11 is 0. The van der Waals surface area contributed by atoms with E-state index in [1.54, 1.807) is 6.07 Å². The molecule has 1 heterocycles. The van der Waals surface area contributed by atoms with Crippen molar-refractivity contribution >= 4 is 5.69 Å². The summed E-state index contributed by atoms with van der Waals surface area (Å²) < 4.78 is 5.64. The highest BCUT2D eigenvalue weighted by Crippen LogP contribution is 2.36. The molecule has 0 aromatic heterocycles. The maximum atomic E-state index is 10.6. The third kappa shape index (κ3) is 1.93. The van der Waals surface area contributed by atoms with Gasteiger partial charge < -0.3 is 4.74 Å². The molecule has 1 aliphatic heterocycles. The van der Waals surface area contributed by atoms with E-state index in [1.165, 1.54) is 12.1 Å². The van der Waals surface area contributed by atoms with Crippen LogP contribution in [0.15, 0.2) is 18.2 Å². The van der Waals surface area contributed by atoms with E-state index < -0.39 is 4.92 Å². The lowest BCUT2D eigenvalue weighted by atomic mass is 9.94. The van der Waals surface area contributed by atoms with Gasteiger partial charge in [0.25, 0.3) is 5.69 Å². The first-order valence-corrected chi connectivity index (χ1v) is 4.69. The van der Waals surface area contributed by atoms with Crippen LogP contribution in [0.1, 0.15) is 25.8 Å². The van der Waals surface area contributed by atoms with E-state index in [2.05, 4.69) is 6.42 Å². The Morgan fingerprint density at radius 1 is 1.53 bits per heavy atom. The Labute approximate surface area is 88.0 Å². The molecule has 0 unspecified atom stereocenters. The first kappa shape index (κ1) is 9.96. The number of ether oxygens (including phenoxy) is 1. The molecule has 0 fully saturated rings. The molecule has 0 amide bonds. The third-order valence-corrected chi connectivity index (χ3v) is 2.27. The summed E-state index contributed by atoms with van der Waals surface area (Å²) in [5.41, 5.74) is 0.524. The van der Waals surface area contributed by atoms with Crippen LogP contribution in [0, 0.1) is 16.5 Å². The predicted molar refractivity (Wildman–Crippen MR) is 54.8 cm³/mol. The van der Waals surface area contributed by atoms with Crippen LogP contribution in [-0.2, 0) is 0 Å². The number of fused-ring (bicyclic) bond motifs is 1. The van der Waals surface area contributed by atoms with Crippen molar-refractivity contribution in [1.82, 2.24) is 0 Å². The number of nitrogens with zero attached hydrogens (tertiary/aromatic N) is 1. The first-order valence-electron chi connectivity index (χ1n) is 4.69. The van der Waals surface area contributed by atoms with Crippen molar-refractivity contribution in [1.29, 1.82) is 0 Å². The quantitative estimate of drug-likeness (QED) is 0.523. The normalized spacial score (nSPS) is 17.7. The van der Waals surface area contributed by atoms with Gasteiger partial charge in [0.1, 0.15) is 11.4 Å². The van der Waals surface area contributed by atoms with E-state index in [0.29, 0.717) is 12.2 Å². The molecule has 0 spiro atoms. The summed E-state index contributed by atoms with van der Waals surface area (Å²) in [4.78, 5) is 10.2. The van der Waals surface area contributed by atoms with Gasteiger partial charge in [-0.1, -0.05) is 0 Å². The highest BCUT2D eigenvalue weighted by molar-refractivity contribution is 5.49. The van der Waals surface area contributed by atoms with Gasteiger partial charge in [0.05, 0.1) is 11.0 Å². The van der Waals surface area contributed by atoms with Crippen molar-refractivity contribution in [2.24, 2.45) is 0 Å². The molecule has 0 saturated carbocycles. The van der Waals surface area contributed by atoms with Crippen LogP contribution in [0.3, 0.4) is 0 Å². The van der Waals surface area contributed by atoms with Crippen molar-refractivity contribution in [3.63, 3.8) is 0 Å². The molecule has 78 valence electrons. The second kappa shape index (κ2) is 3.22. The van der Waals surface area contributed by atoms with E-state index in [4.69, 9.17) is 4.74 Å². The molecular formula is C11H11NO3. The lowest BCUT2D eigenvalue weighted by Gasteiger charge is -2.31. The molecule has 15 heavy (non-hydrogen) atoms. The van der Waals surface area contributed by atoms with Gasteiger partial charge in [-0.25, -0.2) is 0 Å². The second-order valence-electron chi connectivity index (χ2n) is 4.15. The van der Waals surface area contributed by atoms with Gasteiger partial charge in [0.2, 0.25) is 0 Å². The number of nitro groups is 1. The van der Waals surface area contributed by atoms with Crippen LogP contribution >= 0.6 is 0 Å². The molecule has 0 bridgehead atoms. The number of rotatable bonds is 1. The SMILES string of the molecule is CC1(C)C[C]c2ccc([N+](=O)[O-])cc2O1. The van der Waals surface area contributed by atoms with Crippen molar-refractivity contribution in [2.45, 2.75) is 25.9 Å². The summed E-state index contributed by atoms with van der Waals surface area (Å²) in [5, 5.41) is 10.6. The molecule has 4 nitrogen and oxygen atoms in total. The third-order valence-electron chi connectivity index (χ3n) is 2.27. The van der Waals surface area contributed by atoms with Gasteiger partial charge >= 0.3 is 0 Å². The number of non-ortho nitro benzene ring substituents is 1. The molecular weight excluding hydrogens is 194 g/mol. The highest BCUT2D eigenvalue weighted by Gasteiger charge is 2.28. The lowest BCUT2D eigenvalue weighted by Crippen LogP contribution is -2.31. The monoisotopic (exact) mass is 205 g/mol. The Kier molecular flexibility index (Phi) is 2.14. The van der Waals surface area contributed by atoms with Crippen molar-refractivity contribution in [3.05, 3.63) is 40.3 Å². The maximum Gasteiger partial charge on any atom is 0.273 e. The number of hydrogen-bond donors (Lipinski definition) is 0. The zero-order valence-electron chi connectivity index (χ0n) is 8.61. The standard InChI is InChI=1S/C11H11NO3/c1-11(2)6-5-8-3-4-9(12(13)14)7-10(8)15-11/h3-4,7H,6H2,1-2H3. The fourth-order valence-electron chi connectivity index (χ4n) is 1.50. The van der Waals surface area contributed by atoms with E-state index >= 15 is 0 Å². The molecule has 4 heteroatoms. The average Bonchev–Trinajstić information content (AvgIpc) is 2.15. The van der Waals surface area contributed by atoms with Crippen molar-refractivity contribution in [2.75, 3.05) is 0 Å². The lowest BCUT2D eigenvalue weighted by molar-refractivity contribution is -0.385. The second-order valence-corrected chi connectivity index (χ2v) is 4.15. The minimum absolute atomic E-state index is 0.0493. The van der Waals surface area contributed by atoms with Gasteiger partial charge in [-0.05, 0) is 26.3 Å². The molecule has 1 aromatic rings. The fourth-order valence-corrected chi connectivity index (χ4v) is 1.50. The number of hydrogen-bond acceptors (Lipinski definition) is 3. The highest BCUT2D eigenvalue weighted by atomic mass is 16.6. The van der Waals surface area contributed by atoms with Gasteiger partial charge in [0, 0.05) is 18.1 Å². The summed E-state index contributed by atoms with van der Waals surface area (Å²) in [6.07, 6.45) is 3.86. The van der Waals surface area contributed by atoms with Gasteiger partial charge in [-0.3, -0.25) is 10.1 Å². The zero-order chi connectivity index (χ0) is 11.1. The largest absolute Gasteiger partial charge is 0.487 e. The van der Waals surface area contributed by atoms with Crippen LogP contribution in [0.4, 0.5) is 5.69 Å². The van der Waals surface area contributed by atoms with E-state index in [9.17, 15) is 10.1 Å². The maximum absolute atomic E-state index is 10.6. The summed E-state index contributed by atoms with van der Waals surface area (Å²) in [5.74, 6) is 0.542. The molecule has 0 N–H and O–H groups in total. The predicted octanol–water partition coefficient (Wildman–Crippen LogP) is 2.59. The Balaban J connectivity index is 2.39. The molecule has 1 aromatic carbocycles. The molecule has 2 radical (unpaired) electrons. The fraction of sp³-hybridized carbons (Fsp3) is 0.364. The average molecular weight is 205 g/mol. The Morgan fingerprint density at radius 2 is 2.27 bits per heavy atom. The Hall–Kier alpha value is -1.58. The molecule has 2 rings (SSSR count). The summed E-state index contributed by atoms with van der Waals surface area (Å²) in [6, 6.07) is 4.58. The molecule has 0 atom stereocenters. The minimum Gasteiger partial charge on any atom is -0.487 e. The molecule has 1 aliphatic rings. The smallest absolute Gasteiger partial charge is 0.273 e. The Morgan fingerprint density at radius 3 is 2.93 bits per heavy atom. The molecule has 0 aliphatic carbocycles. The van der Waals surface area contributed by atoms with Gasteiger partial charge in [0.15, 0.2) is 0 Å². The van der Waals surface area contributed by atoms with E-state index in [1.807, 2.05) is 13.8 Å². The zero-order valence-corrected chi connectivity index (χ0v) is 8.61. The van der Waals surface area contributed by atoms with Gasteiger partial charge in [-0.15, -0.1) is 0 Å². The van der Waals surface area contributed by atoms with Crippen LogP contribution in [0.25, 0.3) is 0 Å².